The van der Waals surface area contributed by atoms with Crippen molar-refractivity contribution in [2.75, 3.05) is 13.7 Å². The summed E-state index contributed by atoms with van der Waals surface area (Å²) in [5.74, 6) is -1.10. The van der Waals surface area contributed by atoms with Crippen molar-refractivity contribution in [3.63, 3.8) is 0 Å². The quantitative estimate of drug-likeness (QED) is 0.568. The number of fused-ring (bicyclic) bond motifs is 1. The second-order valence-corrected chi connectivity index (χ2v) is 6.68. The van der Waals surface area contributed by atoms with E-state index in [0.29, 0.717) is 12.6 Å². The first-order valence-electron chi connectivity index (χ1n) is 7.92. The van der Waals surface area contributed by atoms with E-state index in [4.69, 9.17) is 9.47 Å². The normalized spacial score (nSPS) is 41.7. The summed E-state index contributed by atoms with van der Waals surface area (Å²) < 4.78 is 10.9. The zero-order chi connectivity index (χ0) is 14.6. The predicted molar refractivity (Wildman–Crippen MR) is 74.3 cm³/mol. The zero-order valence-corrected chi connectivity index (χ0v) is 12.3. The molecule has 1 amide bonds. The summed E-state index contributed by atoms with van der Waals surface area (Å²) in [7, 11) is 1.38. The van der Waals surface area contributed by atoms with Gasteiger partial charge in [0.1, 0.15) is 11.5 Å². The molecule has 4 rings (SSSR count). The topological polar surface area (TPSA) is 55.8 Å². The van der Waals surface area contributed by atoms with Crippen LogP contribution in [0.1, 0.15) is 32.1 Å². The van der Waals surface area contributed by atoms with Crippen molar-refractivity contribution in [3.05, 3.63) is 12.2 Å². The van der Waals surface area contributed by atoms with Crippen LogP contribution in [0.15, 0.2) is 12.2 Å². The second kappa shape index (κ2) is 4.57. The van der Waals surface area contributed by atoms with Gasteiger partial charge in [0, 0.05) is 6.04 Å². The van der Waals surface area contributed by atoms with E-state index in [2.05, 4.69) is 0 Å². The van der Waals surface area contributed by atoms with Gasteiger partial charge in [0.05, 0.1) is 25.7 Å². The second-order valence-electron chi connectivity index (χ2n) is 6.68. The molecule has 2 bridgehead atoms. The van der Waals surface area contributed by atoms with Gasteiger partial charge < -0.3 is 14.4 Å². The van der Waals surface area contributed by atoms with Crippen molar-refractivity contribution >= 4 is 11.9 Å². The van der Waals surface area contributed by atoms with Crippen LogP contribution >= 0.6 is 0 Å². The molecule has 0 N–H and O–H groups in total. The van der Waals surface area contributed by atoms with Crippen LogP contribution in [0.5, 0.6) is 0 Å². The largest absolute Gasteiger partial charge is 0.469 e. The Morgan fingerprint density at radius 2 is 2.14 bits per heavy atom. The molecule has 114 valence electrons. The van der Waals surface area contributed by atoms with Crippen molar-refractivity contribution in [1.82, 2.24) is 4.90 Å². The minimum atomic E-state index is -0.585. The first-order chi connectivity index (χ1) is 10.2. The SMILES string of the molecule is COC(=O)[C@H]1[C@H]2C=C[C@@]3(CN(C4CCCCC4)C(=O)[C@@H]13)O2. The molecule has 5 heteroatoms. The molecule has 5 nitrogen and oxygen atoms in total. The van der Waals surface area contributed by atoms with Crippen molar-refractivity contribution in [2.45, 2.75) is 49.9 Å². The maximum Gasteiger partial charge on any atom is 0.312 e. The van der Waals surface area contributed by atoms with E-state index < -0.39 is 11.5 Å². The molecule has 2 saturated heterocycles. The summed E-state index contributed by atoms with van der Waals surface area (Å²) in [6, 6.07) is 0.320. The van der Waals surface area contributed by atoms with E-state index >= 15 is 0 Å². The summed E-state index contributed by atoms with van der Waals surface area (Å²) in [4.78, 5) is 26.9. The minimum Gasteiger partial charge on any atom is -0.469 e. The first-order valence-corrected chi connectivity index (χ1v) is 7.92. The maximum atomic E-state index is 12.9. The van der Waals surface area contributed by atoms with E-state index in [1.165, 1.54) is 26.4 Å². The predicted octanol–water partition coefficient (Wildman–Crippen LogP) is 1.27. The third kappa shape index (κ3) is 1.73. The van der Waals surface area contributed by atoms with E-state index in [9.17, 15) is 9.59 Å². The van der Waals surface area contributed by atoms with E-state index in [0.717, 1.165) is 12.8 Å². The monoisotopic (exact) mass is 291 g/mol. The van der Waals surface area contributed by atoms with Crippen molar-refractivity contribution in [3.8, 4) is 0 Å². The lowest BCUT2D eigenvalue weighted by Crippen LogP contribution is -2.42. The molecule has 4 aliphatic rings. The molecule has 0 aromatic rings. The van der Waals surface area contributed by atoms with Crippen molar-refractivity contribution < 1.29 is 19.1 Å². The van der Waals surface area contributed by atoms with Gasteiger partial charge in [-0.1, -0.05) is 31.4 Å². The lowest BCUT2D eigenvalue weighted by Gasteiger charge is -2.32. The molecule has 1 saturated carbocycles. The fourth-order valence-corrected chi connectivity index (χ4v) is 4.64. The fourth-order valence-electron chi connectivity index (χ4n) is 4.64. The van der Waals surface area contributed by atoms with Crippen LogP contribution in [0.2, 0.25) is 0 Å². The lowest BCUT2D eigenvalue weighted by atomic mass is 9.77. The Labute approximate surface area is 124 Å². The van der Waals surface area contributed by atoms with E-state index in [1.807, 2.05) is 17.1 Å². The molecular formula is C16H21NO4. The number of methoxy groups -OCH3 is 1. The van der Waals surface area contributed by atoms with Gasteiger partial charge in [0.15, 0.2) is 0 Å². The van der Waals surface area contributed by atoms with Gasteiger partial charge in [0.2, 0.25) is 5.91 Å². The van der Waals surface area contributed by atoms with Gasteiger partial charge >= 0.3 is 5.97 Å². The summed E-state index contributed by atoms with van der Waals surface area (Å²) in [6.45, 7) is 0.599. The highest BCUT2D eigenvalue weighted by molar-refractivity contribution is 5.91. The van der Waals surface area contributed by atoms with Crippen LogP contribution in [0, 0.1) is 11.8 Å². The number of hydrogen-bond acceptors (Lipinski definition) is 4. The number of rotatable bonds is 2. The number of hydrogen-bond donors (Lipinski definition) is 0. The van der Waals surface area contributed by atoms with Gasteiger partial charge in [-0.05, 0) is 12.8 Å². The lowest BCUT2D eigenvalue weighted by molar-refractivity contribution is -0.151. The fraction of sp³-hybridized carbons (Fsp3) is 0.750. The van der Waals surface area contributed by atoms with Crippen molar-refractivity contribution in [2.24, 2.45) is 11.8 Å². The number of carbonyl (C=O) groups excluding carboxylic acids is 2. The van der Waals surface area contributed by atoms with Crippen LogP contribution in [0.4, 0.5) is 0 Å². The molecule has 0 aromatic heterocycles. The van der Waals surface area contributed by atoms with Gasteiger partial charge in [-0.15, -0.1) is 0 Å². The van der Waals surface area contributed by atoms with Gasteiger partial charge in [-0.3, -0.25) is 9.59 Å². The molecule has 0 radical (unpaired) electrons. The Morgan fingerprint density at radius 3 is 2.86 bits per heavy atom. The van der Waals surface area contributed by atoms with Crippen LogP contribution in [0.25, 0.3) is 0 Å². The Kier molecular flexibility index (Phi) is 2.89. The Morgan fingerprint density at radius 1 is 1.38 bits per heavy atom. The van der Waals surface area contributed by atoms with E-state index in [1.54, 1.807) is 0 Å². The van der Waals surface area contributed by atoms with Gasteiger partial charge in [-0.2, -0.15) is 0 Å². The molecular weight excluding hydrogens is 270 g/mol. The number of esters is 1. The van der Waals surface area contributed by atoms with Crippen LogP contribution in [0.3, 0.4) is 0 Å². The Hall–Kier alpha value is -1.36. The Bertz CT molecular complexity index is 510. The molecule has 3 fully saturated rings. The molecule has 4 atom stereocenters. The van der Waals surface area contributed by atoms with Gasteiger partial charge in [-0.25, -0.2) is 0 Å². The van der Waals surface area contributed by atoms with Crippen LogP contribution < -0.4 is 0 Å². The number of ether oxygens (including phenoxy) is 2. The molecule has 3 heterocycles. The third-order valence-corrected chi connectivity index (χ3v) is 5.62. The summed E-state index contributed by atoms with van der Waals surface area (Å²) >= 11 is 0. The average molecular weight is 291 g/mol. The highest BCUT2D eigenvalue weighted by Gasteiger charge is 2.67. The number of carbonyl (C=O) groups is 2. The van der Waals surface area contributed by atoms with Gasteiger partial charge in [0.25, 0.3) is 0 Å². The minimum absolute atomic E-state index is 0.0872. The molecule has 1 spiro atoms. The molecule has 0 aromatic carbocycles. The third-order valence-electron chi connectivity index (χ3n) is 5.62. The van der Waals surface area contributed by atoms with Crippen LogP contribution in [-0.2, 0) is 19.1 Å². The highest BCUT2D eigenvalue weighted by atomic mass is 16.5. The molecule has 0 unspecified atom stereocenters. The standard InChI is InChI=1S/C16H21NO4/c1-20-15(19)12-11-7-8-16(21-11)9-17(14(18)13(12)16)10-5-3-2-4-6-10/h7-8,10-13H,2-6,9H2,1H3/t11-,12+,13-,16+/m1/s1. The molecule has 1 aliphatic carbocycles. The summed E-state index contributed by atoms with van der Waals surface area (Å²) in [5.41, 5.74) is -0.585. The Balaban J connectivity index is 1.63. The smallest absolute Gasteiger partial charge is 0.312 e. The molecule has 21 heavy (non-hydrogen) atoms. The van der Waals surface area contributed by atoms with Crippen molar-refractivity contribution in [1.29, 1.82) is 0 Å². The summed E-state index contributed by atoms with van der Waals surface area (Å²) in [5, 5.41) is 0. The number of likely N-dealkylation sites (tertiary alicyclic amines) is 1. The van der Waals surface area contributed by atoms with E-state index in [-0.39, 0.29) is 23.9 Å². The zero-order valence-electron chi connectivity index (χ0n) is 12.3. The number of amides is 1. The number of nitrogens with zero attached hydrogens (tertiary/aromatic N) is 1. The highest BCUT2D eigenvalue weighted by Crippen LogP contribution is 2.53. The maximum absolute atomic E-state index is 12.9. The molecule has 3 aliphatic heterocycles. The first kappa shape index (κ1) is 13.3. The summed E-state index contributed by atoms with van der Waals surface area (Å²) in [6.07, 6.45) is 9.42. The average Bonchev–Trinajstić information content (AvgIpc) is 3.16. The van der Waals surface area contributed by atoms with Crippen LogP contribution in [-0.4, -0.2) is 48.2 Å².